The van der Waals surface area contributed by atoms with E-state index in [1.54, 1.807) is 0 Å². The minimum absolute atomic E-state index is 0.334. The van der Waals surface area contributed by atoms with E-state index in [4.69, 9.17) is 9.31 Å². The standard InChI is InChI=1S/C12H17BF3NO2/c1-11(2)12(3,4)19-13(18-11)8-5-6-9(14)17(7-8)10(15)16/h5-7,9-10H,1-4H3. The molecule has 1 fully saturated rings. The van der Waals surface area contributed by atoms with Crippen LogP contribution in [0, 0.1) is 0 Å². The van der Waals surface area contributed by atoms with E-state index < -0.39 is 31.2 Å². The van der Waals surface area contributed by atoms with E-state index in [2.05, 4.69) is 0 Å². The van der Waals surface area contributed by atoms with Crippen LogP contribution in [0.5, 0.6) is 0 Å². The molecule has 1 unspecified atom stereocenters. The van der Waals surface area contributed by atoms with Crippen molar-refractivity contribution in [1.82, 2.24) is 4.90 Å². The summed E-state index contributed by atoms with van der Waals surface area (Å²) in [6, 6.07) is 0. The van der Waals surface area contributed by atoms with Crippen molar-refractivity contribution in [2.75, 3.05) is 0 Å². The molecule has 3 nitrogen and oxygen atoms in total. The van der Waals surface area contributed by atoms with Gasteiger partial charge < -0.3 is 9.31 Å². The van der Waals surface area contributed by atoms with Gasteiger partial charge in [-0.25, -0.2) is 4.39 Å². The molecular formula is C12H17BF3NO2. The zero-order valence-electron chi connectivity index (χ0n) is 11.4. The number of nitrogens with zero attached hydrogens (tertiary/aromatic N) is 1. The molecule has 1 atom stereocenters. The molecular weight excluding hydrogens is 258 g/mol. The summed E-state index contributed by atoms with van der Waals surface area (Å²) in [5.41, 5.74) is -0.740. The first-order chi connectivity index (χ1) is 8.64. The fourth-order valence-electron chi connectivity index (χ4n) is 1.86. The third-order valence-corrected chi connectivity index (χ3v) is 3.78. The van der Waals surface area contributed by atoms with Gasteiger partial charge in [0.15, 0.2) is 6.30 Å². The summed E-state index contributed by atoms with van der Waals surface area (Å²) in [7, 11) is -0.769. The fourth-order valence-corrected chi connectivity index (χ4v) is 1.86. The van der Waals surface area contributed by atoms with Crippen LogP contribution in [0.3, 0.4) is 0 Å². The number of halogens is 3. The second-order valence-corrected chi connectivity index (χ2v) is 5.67. The van der Waals surface area contributed by atoms with Crippen LogP contribution in [0.1, 0.15) is 27.7 Å². The van der Waals surface area contributed by atoms with Gasteiger partial charge >= 0.3 is 13.7 Å². The van der Waals surface area contributed by atoms with Gasteiger partial charge in [0.25, 0.3) is 0 Å². The Bertz CT molecular complexity index is 407. The lowest BCUT2D eigenvalue weighted by molar-refractivity contribution is -0.0424. The highest BCUT2D eigenvalue weighted by molar-refractivity contribution is 6.55. The Balaban J connectivity index is 2.20. The van der Waals surface area contributed by atoms with Crippen LogP contribution < -0.4 is 0 Å². The molecule has 0 bridgehead atoms. The van der Waals surface area contributed by atoms with Crippen molar-refractivity contribution in [3.8, 4) is 0 Å². The van der Waals surface area contributed by atoms with E-state index in [1.807, 2.05) is 27.7 Å². The largest absolute Gasteiger partial charge is 0.496 e. The Morgan fingerprint density at radius 1 is 1.21 bits per heavy atom. The van der Waals surface area contributed by atoms with Crippen LogP contribution in [0.25, 0.3) is 0 Å². The molecule has 2 rings (SSSR count). The Morgan fingerprint density at radius 3 is 2.21 bits per heavy atom. The SMILES string of the molecule is CC1(C)OB(C2=CN(C(F)F)C(F)C=C2)OC1(C)C. The van der Waals surface area contributed by atoms with Gasteiger partial charge in [-0.15, -0.1) is 0 Å². The predicted octanol–water partition coefficient (Wildman–Crippen LogP) is 2.89. The van der Waals surface area contributed by atoms with Crippen LogP contribution in [0.15, 0.2) is 23.8 Å². The molecule has 1 saturated heterocycles. The van der Waals surface area contributed by atoms with Crippen molar-refractivity contribution in [3.05, 3.63) is 23.8 Å². The first kappa shape index (κ1) is 14.5. The van der Waals surface area contributed by atoms with Crippen molar-refractivity contribution in [2.45, 2.75) is 51.7 Å². The molecule has 7 heteroatoms. The Hall–Kier alpha value is -0.945. The Labute approximate surface area is 111 Å². The normalized spacial score (nSPS) is 29.1. The minimum Gasteiger partial charge on any atom is -0.399 e. The molecule has 2 aliphatic rings. The van der Waals surface area contributed by atoms with Gasteiger partial charge in [-0.3, -0.25) is 4.90 Å². The van der Waals surface area contributed by atoms with E-state index in [1.165, 1.54) is 6.08 Å². The monoisotopic (exact) mass is 275 g/mol. The first-order valence-corrected chi connectivity index (χ1v) is 6.09. The van der Waals surface area contributed by atoms with Gasteiger partial charge in [-0.2, -0.15) is 8.78 Å². The van der Waals surface area contributed by atoms with Gasteiger partial charge in [0.2, 0.25) is 0 Å². The van der Waals surface area contributed by atoms with Crippen LogP contribution in [-0.4, -0.2) is 36.1 Å². The maximum Gasteiger partial charge on any atom is 0.496 e. The second-order valence-electron chi connectivity index (χ2n) is 5.67. The van der Waals surface area contributed by atoms with Crippen LogP contribution in [0.4, 0.5) is 13.2 Å². The van der Waals surface area contributed by atoms with E-state index in [0.29, 0.717) is 10.4 Å². The van der Waals surface area contributed by atoms with Crippen molar-refractivity contribution in [1.29, 1.82) is 0 Å². The van der Waals surface area contributed by atoms with Crippen molar-refractivity contribution >= 4 is 7.12 Å². The summed E-state index contributed by atoms with van der Waals surface area (Å²) >= 11 is 0. The summed E-state index contributed by atoms with van der Waals surface area (Å²) in [6.07, 6.45) is 1.71. The average molecular weight is 275 g/mol. The molecule has 19 heavy (non-hydrogen) atoms. The van der Waals surface area contributed by atoms with Gasteiger partial charge in [0, 0.05) is 6.20 Å². The third-order valence-electron chi connectivity index (χ3n) is 3.78. The van der Waals surface area contributed by atoms with Gasteiger partial charge in [0.1, 0.15) is 0 Å². The number of hydrogen-bond donors (Lipinski definition) is 0. The minimum atomic E-state index is -2.91. The zero-order chi connectivity index (χ0) is 14.4. The molecule has 0 aromatic heterocycles. The highest BCUT2D eigenvalue weighted by atomic mass is 19.3. The first-order valence-electron chi connectivity index (χ1n) is 6.09. The molecule has 0 aliphatic carbocycles. The summed E-state index contributed by atoms with van der Waals surface area (Å²) in [5.74, 6) is 0. The summed E-state index contributed by atoms with van der Waals surface area (Å²) in [6.45, 7) is 4.55. The molecule has 2 aliphatic heterocycles. The smallest absolute Gasteiger partial charge is 0.399 e. The van der Waals surface area contributed by atoms with Gasteiger partial charge in [-0.1, -0.05) is 6.08 Å². The molecule has 0 spiro atoms. The van der Waals surface area contributed by atoms with Crippen LogP contribution >= 0.6 is 0 Å². The summed E-state index contributed by atoms with van der Waals surface area (Å²) < 4.78 is 50.1. The van der Waals surface area contributed by atoms with E-state index in [-0.39, 0.29) is 0 Å². The Kier molecular flexibility index (Phi) is 3.47. The third kappa shape index (κ3) is 2.53. The van der Waals surface area contributed by atoms with Crippen LogP contribution in [-0.2, 0) is 9.31 Å². The lowest BCUT2D eigenvalue weighted by Gasteiger charge is -2.32. The van der Waals surface area contributed by atoms with Gasteiger partial charge in [0.05, 0.1) is 11.2 Å². The zero-order valence-corrected chi connectivity index (χ0v) is 11.4. The van der Waals surface area contributed by atoms with Crippen molar-refractivity contribution in [3.63, 3.8) is 0 Å². The number of rotatable bonds is 2. The van der Waals surface area contributed by atoms with E-state index in [9.17, 15) is 13.2 Å². The molecule has 0 amide bonds. The molecule has 2 heterocycles. The lowest BCUT2D eigenvalue weighted by Crippen LogP contribution is -2.41. The molecule has 0 radical (unpaired) electrons. The lowest BCUT2D eigenvalue weighted by atomic mass is 9.77. The van der Waals surface area contributed by atoms with Crippen LogP contribution in [0.2, 0.25) is 0 Å². The second kappa shape index (κ2) is 4.56. The van der Waals surface area contributed by atoms with Crippen molar-refractivity contribution in [2.24, 2.45) is 0 Å². The molecule has 0 aromatic rings. The van der Waals surface area contributed by atoms with Gasteiger partial charge in [-0.05, 0) is 39.2 Å². The summed E-state index contributed by atoms with van der Waals surface area (Å²) in [4.78, 5) is 0.334. The fraction of sp³-hybridized carbons (Fsp3) is 0.667. The maximum absolute atomic E-state index is 13.3. The molecule has 0 saturated carbocycles. The average Bonchev–Trinajstić information content (AvgIpc) is 2.48. The highest BCUT2D eigenvalue weighted by Crippen LogP contribution is 2.39. The van der Waals surface area contributed by atoms with E-state index >= 15 is 0 Å². The maximum atomic E-state index is 13.3. The van der Waals surface area contributed by atoms with Crippen molar-refractivity contribution < 1.29 is 22.5 Å². The summed E-state index contributed by atoms with van der Waals surface area (Å²) in [5, 5.41) is 0. The number of alkyl halides is 3. The highest BCUT2D eigenvalue weighted by Gasteiger charge is 2.52. The topological polar surface area (TPSA) is 21.7 Å². The van der Waals surface area contributed by atoms with E-state index in [0.717, 1.165) is 12.3 Å². The molecule has 0 aromatic carbocycles. The number of hydrogen-bond acceptors (Lipinski definition) is 3. The number of allylic oxidation sites excluding steroid dienone is 2. The molecule has 0 N–H and O–H groups in total. The molecule has 106 valence electrons. The Morgan fingerprint density at radius 2 is 1.74 bits per heavy atom. The predicted molar refractivity (Wildman–Crippen MR) is 66.0 cm³/mol. The quantitative estimate of drug-likeness (QED) is 0.571.